The SMILES string of the molecule is CCN1C2=Cc3n(CC)c4cc(Cl)c(Cl)cc4[n+]3CCN2c2cc(Cl)c(Cl)cc21.[I-]. The Morgan fingerprint density at radius 1 is 0.867 bits per heavy atom. The number of aryl methyl sites for hydroxylation is 1. The molecule has 158 valence electrons. The predicted molar refractivity (Wildman–Crippen MR) is 123 cm³/mol. The van der Waals surface area contributed by atoms with Gasteiger partial charge in [-0.3, -0.25) is 0 Å². The number of rotatable bonds is 2. The van der Waals surface area contributed by atoms with E-state index in [1.54, 1.807) is 0 Å². The van der Waals surface area contributed by atoms with Crippen LogP contribution in [0.3, 0.4) is 0 Å². The third kappa shape index (κ3) is 3.20. The molecule has 4 nitrogen and oxygen atoms in total. The van der Waals surface area contributed by atoms with Gasteiger partial charge in [0.25, 0.3) is 5.82 Å². The summed E-state index contributed by atoms with van der Waals surface area (Å²) < 4.78 is 4.60. The zero-order chi connectivity index (χ0) is 20.4. The summed E-state index contributed by atoms with van der Waals surface area (Å²) in [5.74, 6) is 2.25. The van der Waals surface area contributed by atoms with Crippen molar-refractivity contribution in [2.45, 2.75) is 26.9 Å². The minimum absolute atomic E-state index is 0. The Labute approximate surface area is 212 Å². The molecule has 3 heterocycles. The number of hydrogen-bond donors (Lipinski definition) is 0. The Morgan fingerprint density at radius 3 is 2.17 bits per heavy atom. The van der Waals surface area contributed by atoms with E-state index in [9.17, 15) is 0 Å². The van der Waals surface area contributed by atoms with Crippen LogP contribution in [-0.4, -0.2) is 17.7 Å². The molecule has 0 unspecified atom stereocenters. The van der Waals surface area contributed by atoms with E-state index in [0.29, 0.717) is 20.1 Å². The molecule has 0 saturated heterocycles. The van der Waals surface area contributed by atoms with Crippen LogP contribution >= 0.6 is 46.4 Å². The van der Waals surface area contributed by atoms with Crippen LogP contribution in [0.5, 0.6) is 0 Å². The first-order valence-corrected chi connectivity index (χ1v) is 11.1. The smallest absolute Gasteiger partial charge is 0.286 e. The van der Waals surface area contributed by atoms with Crippen LogP contribution in [-0.2, 0) is 13.1 Å². The molecular weight excluding hydrogens is 577 g/mol. The highest BCUT2D eigenvalue weighted by molar-refractivity contribution is 6.43. The lowest BCUT2D eigenvalue weighted by Gasteiger charge is -2.22. The van der Waals surface area contributed by atoms with Crippen LogP contribution < -0.4 is 38.3 Å². The third-order valence-corrected chi connectivity index (χ3v) is 7.19. The number of imidazole rings is 1. The molecule has 0 N–H and O–H groups in total. The quantitative estimate of drug-likeness (QED) is 0.334. The molecule has 0 radical (unpaired) electrons. The highest BCUT2D eigenvalue weighted by Crippen LogP contribution is 2.46. The van der Waals surface area contributed by atoms with E-state index in [1.807, 2.05) is 24.3 Å². The fourth-order valence-corrected chi connectivity index (χ4v) is 5.09. The molecule has 1 aromatic heterocycles. The number of benzene rings is 2. The van der Waals surface area contributed by atoms with E-state index in [2.05, 4.69) is 38.9 Å². The molecule has 2 aromatic carbocycles. The minimum atomic E-state index is 0. The first-order valence-electron chi connectivity index (χ1n) is 9.61. The van der Waals surface area contributed by atoms with E-state index in [1.165, 1.54) is 0 Å². The van der Waals surface area contributed by atoms with Crippen molar-refractivity contribution in [2.75, 3.05) is 22.9 Å². The zero-order valence-corrected chi connectivity index (χ0v) is 21.6. The van der Waals surface area contributed by atoms with Gasteiger partial charge in [0.2, 0.25) is 0 Å². The monoisotopic (exact) mass is 594 g/mol. The lowest BCUT2D eigenvalue weighted by molar-refractivity contribution is -0.670. The average molecular weight is 596 g/mol. The molecule has 2 aliphatic heterocycles. The van der Waals surface area contributed by atoms with Crippen molar-refractivity contribution in [3.8, 4) is 0 Å². The summed E-state index contributed by atoms with van der Waals surface area (Å²) in [4.78, 5) is 4.60. The van der Waals surface area contributed by atoms with Crippen molar-refractivity contribution in [1.29, 1.82) is 0 Å². The maximum atomic E-state index is 6.35. The summed E-state index contributed by atoms with van der Waals surface area (Å²) in [7, 11) is 0. The van der Waals surface area contributed by atoms with E-state index in [0.717, 1.165) is 60.2 Å². The molecule has 0 saturated carbocycles. The number of fused-ring (bicyclic) bond motifs is 6. The average Bonchev–Trinajstić information content (AvgIpc) is 3.03. The van der Waals surface area contributed by atoms with Crippen molar-refractivity contribution in [3.05, 3.63) is 56.0 Å². The van der Waals surface area contributed by atoms with Crippen LogP contribution in [0.4, 0.5) is 11.4 Å². The molecule has 30 heavy (non-hydrogen) atoms. The van der Waals surface area contributed by atoms with Crippen molar-refractivity contribution < 1.29 is 28.5 Å². The van der Waals surface area contributed by atoms with E-state index >= 15 is 0 Å². The topological polar surface area (TPSA) is 15.3 Å². The highest BCUT2D eigenvalue weighted by atomic mass is 127. The van der Waals surface area contributed by atoms with Gasteiger partial charge < -0.3 is 33.8 Å². The normalized spacial score (nSPS) is 14.8. The lowest BCUT2D eigenvalue weighted by atomic mass is 10.2. The molecule has 0 fully saturated rings. The number of anilines is 2. The summed E-state index contributed by atoms with van der Waals surface area (Å²) in [6.45, 7) is 7.58. The molecule has 0 atom stereocenters. The number of halogens is 5. The zero-order valence-electron chi connectivity index (χ0n) is 16.4. The summed E-state index contributed by atoms with van der Waals surface area (Å²) in [6.07, 6.45) is 2.24. The van der Waals surface area contributed by atoms with Gasteiger partial charge >= 0.3 is 0 Å². The Kier molecular flexibility index (Phi) is 6.14. The number of aromatic nitrogens is 2. The first kappa shape index (κ1) is 22.3. The lowest BCUT2D eigenvalue weighted by Crippen LogP contribution is -3.00. The molecule has 3 aromatic rings. The van der Waals surface area contributed by atoms with Crippen molar-refractivity contribution >= 4 is 74.9 Å². The molecule has 0 amide bonds. The van der Waals surface area contributed by atoms with Gasteiger partial charge in [-0.05, 0) is 26.0 Å². The largest absolute Gasteiger partial charge is 1.00 e. The van der Waals surface area contributed by atoms with Gasteiger partial charge in [-0.25, -0.2) is 9.13 Å². The van der Waals surface area contributed by atoms with Crippen molar-refractivity contribution in [2.24, 2.45) is 0 Å². The Morgan fingerprint density at radius 2 is 1.50 bits per heavy atom. The van der Waals surface area contributed by atoms with Crippen LogP contribution in [0.1, 0.15) is 19.7 Å². The molecule has 0 aliphatic carbocycles. The maximum absolute atomic E-state index is 6.35. The van der Waals surface area contributed by atoms with Gasteiger partial charge in [-0.1, -0.05) is 46.4 Å². The van der Waals surface area contributed by atoms with Gasteiger partial charge in [0, 0.05) is 18.7 Å². The molecule has 5 rings (SSSR count). The predicted octanol–water partition coefficient (Wildman–Crippen LogP) is 3.22. The van der Waals surface area contributed by atoms with Crippen LogP contribution in [0, 0.1) is 0 Å². The fraction of sp³-hybridized carbons (Fsp3) is 0.286. The van der Waals surface area contributed by atoms with Gasteiger partial charge in [-0.2, -0.15) is 0 Å². The standard InChI is InChI=1S/C21H19Cl4N4.HI/c1-3-26-16-7-12(22)14(24)9-18(16)28-5-6-29-19-10-15(25)13(23)8-17(19)27(4-2)21(29)11-20(26)28;/h7-11H,3-6H2,1-2H3;1H/q+1;/p-1. The molecule has 9 heteroatoms. The van der Waals surface area contributed by atoms with Gasteiger partial charge in [0.1, 0.15) is 12.4 Å². The Hall–Kier alpha value is -0.860. The second-order valence-electron chi connectivity index (χ2n) is 7.16. The van der Waals surface area contributed by atoms with Crippen molar-refractivity contribution in [1.82, 2.24) is 4.57 Å². The van der Waals surface area contributed by atoms with Crippen LogP contribution in [0.2, 0.25) is 20.1 Å². The minimum Gasteiger partial charge on any atom is -1.00 e. The highest BCUT2D eigenvalue weighted by Gasteiger charge is 2.36. The van der Waals surface area contributed by atoms with Gasteiger partial charge in [-0.15, -0.1) is 0 Å². The maximum Gasteiger partial charge on any atom is 0.286 e. The van der Waals surface area contributed by atoms with E-state index < -0.39 is 0 Å². The second kappa shape index (κ2) is 8.24. The molecule has 2 aliphatic rings. The van der Waals surface area contributed by atoms with Gasteiger partial charge in [0.05, 0.1) is 50.6 Å². The van der Waals surface area contributed by atoms with Crippen molar-refractivity contribution in [3.63, 3.8) is 0 Å². The van der Waals surface area contributed by atoms with Gasteiger partial charge in [0.15, 0.2) is 11.0 Å². The summed E-state index contributed by atoms with van der Waals surface area (Å²) in [5, 5.41) is 2.29. The fourth-order valence-electron chi connectivity index (χ4n) is 4.46. The number of hydrogen-bond acceptors (Lipinski definition) is 2. The van der Waals surface area contributed by atoms with E-state index in [4.69, 9.17) is 46.4 Å². The molecular formula is C21H19Cl4IN4. The molecule has 0 spiro atoms. The number of nitrogens with zero attached hydrogens (tertiary/aromatic N) is 4. The first-order chi connectivity index (χ1) is 13.9. The Bertz CT molecular complexity index is 1200. The summed E-state index contributed by atoms with van der Waals surface area (Å²) in [5.41, 5.74) is 4.36. The molecule has 0 bridgehead atoms. The summed E-state index contributed by atoms with van der Waals surface area (Å²) >= 11 is 25.3. The Balaban J connectivity index is 0.00000218. The van der Waals surface area contributed by atoms with E-state index in [-0.39, 0.29) is 24.0 Å². The third-order valence-electron chi connectivity index (χ3n) is 5.74. The summed E-state index contributed by atoms with van der Waals surface area (Å²) in [6, 6.07) is 7.85. The van der Waals surface area contributed by atoms with Crippen LogP contribution in [0.15, 0.2) is 30.1 Å². The second-order valence-corrected chi connectivity index (χ2v) is 8.79. The van der Waals surface area contributed by atoms with Crippen LogP contribution in [0.25, 0.3) is 17.1 Å².